The third-order valence-corrected chi connectivity index (χ3v) is 4.47. The normalized spacial score (nSPS) is 12.7. The van der Waals surface area contributed by atoms with E-state index in [9.17, 15) is 0 Å². The quantitative estimate of drug-likeness (QED) is 0.881. The summed E-state index contributed by atoms with van der Waals surface area (Å²) < 4.78 is 0.933. The van der Waals surface area contributed by atoms with Gasteiger partial charge in [0.25, 0.3) is 0 Å². The molecule has 0 aliphatic carbocycles. The molecule has 1 atom stereocenters. The fourth-order valence-corrected chi connectivity index (χ4v) is 2.99. The summed E-state index contributed by atoms with van der Waals surface area (Å²) in [6.45, 7) is 0. The van der Waals surface area contributed by atoms with Crippen LogP contribution in [-0.4, -0.2) is 7.05 Å². The molecule has 84 valence electrons. The van der Waals surface area contributed by atoms with Gasteiger partial charge in [-0.05, 0) is 57.0 Å². The SMILES string of the molecule is CNC(c1ccsc1)c1cccc(Br)c1Cl. The average molecular weight is 317 g/mol. The van der Waals surface area contributed by atoms with Crippen LogP contribution in [0.15, 0.2) is 39.5 Å². The first kappa shape index (κ1) is 12.1. The topological polar surface area (TPSA) is 12.0 Å². The largest absolute Gasteiger partial charge is 0.309 e. The van der Waals surface area contributed by atoms with Crippen LogP contribution in [0.25, 0.3) is 0 Å². The third kappa shape index (κ3) is 2.33. The third-order valence-electron chi connectivity index (χ3n) is 2.46. The molecule has 1 nitrogen and oxygen atoms in total. The Hall–Kier alpha value is -0.350. The fourth-order valence-electron chi connectivity index (χ4n) is 1.68. The zero-order valence-corrected chi connectivity index (χ0v) is 11.9. The number of rotatable bonds is 3. The first-order valence-electron chi connectivity index (χ1n) is 4.87. The molecule has 0 saturated carbocycles. The molecule has 0 radical (unpaired) electrons. The lowest BCUT2D eigenvalue weighted by atomic mass is 10.0. The standard InChI is InChI=1S/C12H11BrClNS/c1-15-12(8-5-6-16-7-8)9-3-2-4-10(13)11(9)14/h2-7,12,15H,1H3. The zero-order chi connectivity index (χ0) is 11.5. The Morgan fingerprint density at radius 3 is 2.81 bits per heavy atom. The monoisotopic (exact) mass is 315 g/mol. The highest BCUT2D eigenvalue weighted by atomic mass is 79.9. The second-order valence-electron chi connectivity index (χ2n) is 3.42. The van der Waals surface area contributed by atoms with Gasteiger partial charge < -0.3 is 5.32 Å². The smallest absolute Gasteiger partial charge is 0.0599 e. The molecule has 0 aliphatic rings. The predicted molar refractivity (Wildman–Crippen MR) is 74.4 cm³/mol. The van der Waals surface area contributed by atoms with E-state index in [2.05, 4.69) is 38.1 Å². The van der Waals surface area contributed by atoms with Gasteiger partial charge in [-0.2, -0.15) is 11.3 Å². The average Bonchev–Trinajstić information content (AvgIpc) is 2.79. The molecule has 0 aliphatic heterocycles. The summed E-state index contributed by atoms with van der Waals surface area (Å²) in [6.07, 6.45) is 0. The Balaban J connectivity index is 2.45. The van der Waals surface area contributed by atoms with Crippen LogP contribution in [-0.2, 0) is 0 Å². The van der Waals surface area contributed by atoms with Crippen molar-refractivity contribution in [2.75, 3.05) is 7.05 Å². The lowest BCUT2D eigenvalue weighted by Crippen LogP contribution is -2.17. The van der Waals surface area contributed by atoms with Crippen LogP contribution in [0.4, 0.5) is 0 Å². The Kier molecular flexibility index (Phi) is 4.03. The van der Waals surface area contributed by atoms with Crippen molar-refractivity contribution in [1.29, 1.82) is 0 Å². The minimum Gasteiger partial charge on any atom is -0.309 e. The summed E-state index contributed by atoms with van der Waals surface area (Å²) in [5.74, 6) is 0. The minimum absolute atomic E-state index is 0.149. The molecule has 0 saturated heterocycles. The number of hydrogen-bond donors (Lipinski definition) is 1. The number of nitrogens with one attached hydrogen (secondary N) is 1. The van der Waals surface area contributed by atoms with Gasteiger partial charge in [-0.1, -0.05) is 23.7 Å². The molecule has 1 aromatic carbocycles. The van der Waals surface area contributed by atoms with Crippen molar-refractivity contribution in [2.24, 2.45) is 0 Å². The van der Waals surface area contributed by atoms with Gasteiger partial charge in [0.2, 0.25) is 0 Å². The molecule has 2 rings (SSSR count). The van der Waals surface area contributed by atoms with E-state index < -0.39 is 0 Å². The molecular formula is C12H11BrClNS. The molecule has 1 N–H and O–H groups in total. The maximum absolute atomic E-state index is 6.30. The van der Waals surface area contributed by atoms with Crippen molar-refractivity contribution in [3.05, 3.63) is 55.6 Å². The molecule has 0 spiro atoms. The molecule has 1 unspecified atom stereocenters. The van der Waals surface area contributed by atoms with E-state index in [-0.39, 0.29) is 6.04 Å². The van der Waals surface area contributed by atoms with E-state index in [0.29, 0.717) is 0 Å². The summed E-state index contributed by atoms with van der Waals surface area (Å²) in [6, 6.07) is 8.26. The molecular weight excluding hydrogens is 306 g/mol. The van der Waals surface area contributed by atoms with Crippen LogP contribution in [0.3, 0.4) is 0 Å². The summed E-state index contributed by atoms with van der Waals surface area (Å²) in [7, 11) is 1.94. The fraction of sp³-hybridized carbons (Fsp3) is 0.167. The molecule has 0 bridgehead atoms. The van der Waals surface area contributed by atoms with Crippen LogP contribution in [0.5, 0.6) is 0 Å². The molecule has 16 heavy (non-hydrogen) atoms. The number of halogens is 2. The van der Waals surface area contributed by atoms with Crippen LogP contribution in [0, 0.1) is 0 Å². The van der Waals surface area contributed by atoms with E-state index in [1.165, 1.54) is 5.56 Å². The Bertz CT molecular complexity index is 470. The highest BCUT2D eigenvalue weighted by molar-refractivity contribution is 9.10. The first-order chi connectivity index (χ1) is 7.74. The van der Waals surface area contributed by atoms with Crippen molar-refractivity contribution in [2.45, 2.75) is 6.04 Å². The molecule has 0 amide bonds. The van der Waals surface area contributed by atoms with E-state index in [0.717, 1.165) is 15.1 Å². The van der Waals surface area contributed by atoms with Crippen LogP contribution >= 0.6 is 38.9 Å². The van der Waals surface area contributed by atoms with Crippen molar-refractivity contribution in [1.82, 2.24) is 5.32 Å². The Labute approximate surface area is 113 Å². The van der Waals surface area contributed by atoms with Gasteiger partial charge in [0.05, 0.1) is 11.1 Å². The highest BCUT2D eigenvalue weighted by Crippen LogP contribution is 2.33. The molecule has 0 fully saturated rings. The molecule has 4 heteroatoms. The van der Waals surface area contributed by atoms with Crippen LogP contribution in [0.2, 0.25) is 5.02 Å². The highest BCUT2D eigenvalue weighted by Gasteiger charge is 2.16. The predicted octanol–water partition coefficient (Wildman–Crippen LogP) is 4.47. The van der Waals surface area contributed by atoms with Crippen molar-refractivity contribution in [3.63, 3.8) is 0 Å². The Morgan fingerprint density at radius 1 is 1.38 bits per heavy atom. The Morgan fingerprint density at radius 2 is 2.19 bits per heavy atom. The molecule has 2 aromatic rings. The van der Waals surface area contributed by atoms with E-state index in [4.69, 9.17) is 11.6 Å². The number of hydrogen-bond acceptors (Lipinski definition) is 2. The molecule has 1 heterocycles. The van der Waals surface area contributed by atoms with Gasteiger partial charge >= 0.3 is 0 Å². The lowest BCUT2D eigenvalue weighted by Gasteiger charge is -2.17. The van der Waals surface area contributed by atoms with Gasteiger partial charge in [-0.25, -0.2) is 0 Å². The first-order valence-corrected chi connectivity index (χ1v) is 6.98. The van der Waals surface area contributed by atoms with Crippen LogP contribution in [0.1, 0.15) is 17.2 Å². The van der Waals surface area contributed by atoms with Gasteiger partial charge in [0.1, 0.15) is 0 Å². The maximum Gasteiger partial charge on any atom is 0.0599 e. The van der Waals surface area contributed by atoms with Gasteiger partial charge in [0, 0.05) is 4.47 Å². The van der Waals surface area contributed by atoms with Gasteiger partial charge in [0.15, 0.2) is 0 Å². The van der Waals surface area contributed by atoms with E-state index in [1.54, 1.807) is 11.3 Å². The number of thiophene rings is 1. The van der Waals surface area contributed by atoms with Crippen molar-refractivity contribution >= 4 is 38.9 Å². The summed E-state index contributed by atoms with van der Waals surface area (Å²) in [4.78, 5) is 0. The summed E-state index contributed by atoms with van der Waals surface area (Å²) >= 11 is 11.4. The van der Waals surface area contributed by atoms with Gasteiger partial charge in [-0.3, -0.25) is 0 Å². The van der Waals surface area contributed by atoms with Gasteiger partial charge in [-0.15, -0.1) is 0 Å². The number of benzene rings is 1. The summed E-state index contributed by atoms with van der Waals surface area (Å²) in [5, 5.41) is 8.27. The molecule has 1 aromatic heterocycles. The second kappa shape index (κ2) is 5.32. The van der Waals surface area contributed by atoms with Crippen LogP contribution < -0.4 is 5.32 Å². The van der Waals surface area contributed by atoms with Crippen molar-refractivity contribution < 1.29 is 0 Å². The lowest BCUT2D eigenvalue weighted by molar-refractivity contribution is 0.694. The maximum atomic E-state index is 6.30. The van der Waals surface area contributed by atoms with E-state index in [1.807, 2.05) is 25.2 Å². The minimum atomic E-state index is 0.149. The second-order valence-corrected chi connectivity index (χ2v) is 5.43. The zero-order valence-electron chi connectivity index (χ0n) is 8.71. The van der Waals surface area contributed by atoms with E-state index >= 15 is 0 Å². The summed E-state index contributed by atoms with van der Waals surface area (Å²) in [5.41, 5.74) is 2.34. The van der Waals surface area contributed by atoms with Crippen molar-refractivity contribution in [3.8, 4) is 0 Å².